The molecule has 1 unspecified atom stereocenters. The number of aromatic nitrogens is 2. The van der Waals surface area contributed by atoms with E-state index >= 15 is 0 Å². The second-order valence-electron chi connectivity index (χ2n) is 4.68. The first-order valence-electron chi connectivity index (χ1n) is 6.25. The van der Waals surface area contributed by atoms with E-state index in [0.29, 0.717) is 10.6 Å². The highest BCUT2D eigenvalue weighted by atomic mass is 35.5. The average molecular weight is 310 g/mol. The van der Waals surface area contributed by atoms with Crippen molar-refractivity contribution in [1.29, 1.82) is 0 Å². The Morgan fingerprint density at radius 1 is 1.40 bits per heavy atom. The number of nitrogens with zero attached hydrogens (tertiary/aromatic N) is 2. The molecular formula is C14H16ClN3OS. The van der Waals surface area contributed by atoms with Gasteiger partial charge in [0.1, 0.15) is 0 Å². The van der Waals surface area contributed by atoms with Crippen molar-refractivity contribution in [2.45, 2.75) is 33.7 Å². The summed E-state index contributed by atoms with van der Waals surface area (Å²) in [5.74, 6) is -0.222. The van der Waals surface area contributed by atoms with Crippen LogP contribution in [0.15, 0.2) is 12.3 Å². The molecule has 0 aliphatic carbocycles. The van der Waals surface area contributed by atoms with Crippen LogP contribution in [0.2, 0.25) is 5.02 Å². The number of hydrogen-bond donors (Lipinski definition) is 1. The quantitative estimate of drug-likeness (QED) is 0.942. The smallest absolute Gasteiger partial charge is 0.254 e. The number of hydrogen-bond acceptors (Lipinski definition) is 4. The topological polar surface area (TPSA) is 54.9 Å². The Kier molecular flexibility index (Phi) is 4.40. The Morgan fingerprint density at radius 2 is 2.10 bits per heavy atom. The van der Waals surface area contributed by atoms with Gasteiger partial charge >= 0.3 is 0 Å². The fourth-order valence-electron chi connectivity index (χ4n) is 1.98. The van der Waals surface area contributed by atoms with Crippen molar-refractivity contribution < 1.29 is 4.79 Å². The molecule has 6 heteroatoms. The summed E-state index contributed by atoms with van der Waals surface area (Å²) in [6.07, 6.45) is 1.50. The number of carbonyl (C=O) groups excluding carboxylic acids is 1. The molecule has 0 spiro atoms. The molecule has 2 rings (SSSR count). The van der Waals surface area contributed by atoms with Crippen molar-refractivity contribution in [2.24, 2.45) is 0 Å². The van der Waals surface area contributed by atoms with Gasteiger partial charge in [-0.3, -0.25) is 9.78 Å². The second-order valence-corrected chi connectivity index (χ2v) is 6.33. The Labute approximate surface area is 127 Å². The van der Waals surface area contributed by atoms with Gasteiger partial charge in [0.2, 0.25) is 0 Å². The highest BCUT2D eigenvalue weighted by Crippen LogP contribution is 2.25. The minimum absolute atomic E-state index is 0.105. The van der Waals surface area contributed by atoms with Crippen LogP contribution in [0.4, 0.5) is 0 Å². The third kappa shape index (κ3) is 3.16. The molecule has 0 aliphatic rings. The highest BCUT2D eigenvalue weighted by Gasteiger charge is 2.18. The molecule has 0 saturated heterocycles. The summed E-state index contributed by atoms with van der Waals surface area (Å²) < 4.78 is 0. The number of thiazole rings is 1. The molecule has 1 N–H and O–H groups in total. The molecule has 2 heterocycles. The van der Waals surface area contributed by atoms with Crippen LogP contribution in [-0.2, 0) is 0 Å². The van der Waals surface area contributed by atoms with Crippen LogP contribution in [0, 0.1) is 20.8 Å². The van der Waals surface area contributed by atoms with Crippen molar-refractivity contribution in [3.8, 4) is 0 Å². The zero-order valence-corrected chi connectivity index (χ0v) is 13.4. The monoisotopic (exact) mass is 309 g/mol. The van der Waals surface area contributed by atoms with E-state index < -0.39 is 0 Å². The predicted octanol–water partition coefficient (Wildman–Crippen LogP) is 3.61. The summed E-state index contributed by atoms with van der Waals surface area (Å²) >= 11 is 7.67. The summed E-state index contributed by atoms with van der Waals surface area (Å²) in [6.45, 7) is 7.67. The molecule has 20 heavy (non-hydrogen) atoms. The molecule has 0 saturated carbocycles. The lowest BCUT2D eigenvalue weighted by atomic mass is 10.2. The number of aryl methyl sites for hydroxylation is 3. The van der Waals surface area contributed by atoms with Gasteiger partial charge in [0, 0.05) is 16.8 Å². The predicted molar refractivity (Wildman–Crippen MR) is 81.5 cm³/mol. The Balaban J connectivity index is 2.17. The maximum absolute atomic E-state index is 12.2. The Bertz CT molecular complexity index is 654. The summed E-state index contributed by atoms with van der Waals surface area (Å²) in [6, 6.07) is 1.58. The van der Waals surface area contributed by atoms with E-state index in [1.165, 1.54) is 6.20 Å². The largest absolute Gasteiger partial charge is 0.345 e. The normalized spacial score (nSPS) is 12.2. The molecule has 4 nitrogen and oxygen atoms in total. The Morgan fingerprint density at radius 3 is 2.65 bits per heavy atom. The van der Waals surface area contributed by atoms with Crippen molar-refractivity contribution >= 4 is 28.8 Å². The van der Waals surface area contributed by atoms with Crippen LogP contribution in [-0.4, -0.2) is 15.9 Å². The van der Waals surface area contributed by atoms with Gasteiger partial charge in [0.15, 0.2) is 0 Å². The first-order valence-corrected chi connectivity index (χ1v) is 7.45. The molecule has 1 atom stereocenters. The van der Waals surface area contributed by atoms with E-state index in [1.54, 1.807) is 17.4 Å². The van der Waals surface area contributed by atoms with Crippen LogP contribution in [0.25, 0.3) is 0 Å². The van der Waals surface area contributed by atoms with Crippen LogP contribution in [0.3, 0.4) is 0 Å². The van der Waals surface area contributed by atoms with E-state index in [-0.39, 0.29) is 11.9 Å². The number of halogens is 1. The SMILES string of the molecule is Cc1cc(Cl)c(C(=O)NC(C)c2sc(C)nc2C)cn1. The number of amides is 1. The molecule has 0 radical (unpaired) electrons. The van der Waals surface area contributed by atoms with Crippen molar-refractivity contribution in [1.82, 2.24) is 15.3 Å². The van der Waals surface area contributed by atoms with Gasteiger partial charge in [-0.1, -0.05) is 11.6 Å². The fourth-order valence-corrected chi connectivity index (χ4v) is 3.20. The summed E-state index contributed by atoms with van der Waals surface area (Å²) in [7, 11) is 0. The summed E-state index contributed by atoms with van der Waals surface area (Å²) in [4.78, 5) is 21.8. The first-order chi connectivity index (χ1) is 9.38. The lowest BCUT2D eigenvalue weighted by Crippen LogP contribution is -2.27. The zero-order chi connectivity index (χ0) is 14.9. The van der Waals surface area contributed by atoms with Gasteiger partial charge in [-0.05, 0) is 33.8 Å². The third-order valence-corrected chi connectivity index (χ3v) is 4.48. The van der Waals surface area contributed by atoms with E-state index in [1.807, 2.05) is 27.7 Å². The van der Waals surface area contributed by atoms with Crippen molar-refractivity contribution in [3.63, 3.8) is 0 Å². The third-order valence-electron chi connectivity index (χ3n) is 2.92. The number of nitrogens with one attached hydrogen (secondary N) is 1. The Hall–Kier alpha value is -1.46. The lowest BCUT2D eigenvalue weighted by molar-refractivity contribution is 0.0940. The molecule has 2 aromatic heterocycles. The van der Waals surface area contributed by atoms with E-state index in [2.05, 4.69) is 15.3 Å². The maximum atomic E-state index is 12.2. The van der Waals surface area contributed by atoms with Gasteiger partial charge in [0.25, 0.3) is 5.91 Å². The number of rotatable bonds is 3. The van der Waals surface area contributed by atoms with Gasteiger partial charge in [0.05, 0.1) is 27.3 Å². The lowest BCUT2D eigenvalue weighted by Gasteiger charge is -2.13. The summed E-state index contributed by atoms with van der Waals surface area (Å²) in [5.41, 5.74) is 2.13. The minimum Gasteiger partial charge on any atom is -0.345 e. The first kappa shape index (κ1) is 14.9. The van der Waals surface area contributed by atoms with E-state index in [4.69, 9.17) is 11.6 Å². The molecule has 0 bridgehead atoms. The van der Waals surface area contributed by atoms with Crippen LogP contribution in [0.1, 0.15) is 44.6 Å². The molecule has 2 aromatic rings. The average Bonchev–Trinajstić information content (AvgIpc) is 2.68. The number of carbonyl (C=O) groups is 1. The number of pyridine rings is 1. The minimum atomic E-state index is -0.222. The zero-order valence-electron chi connectivity index (χ0n) is 11.8. The second kappa shape index (κ2) is 5.89. The fraction of sp³-hybridized carbons (Fsp3) is 0.357. The van der Waals surface area contributed by atoms with E-state index in [9.17, 15) is 4.79 Å². The van der Waals surface area contributed by atoms with Crippen LogP contribution < -0.4 is 5.32 Å². The van der Waals surface area contributed by atoms with Crippen LogP contribution >= 0.6 is 22.9 Å². The molecule has 0 aromatic carbocycles. The molecule has 0 aliphatic heterocycles. The molecule has 1 amide bonds. The molecule has 106 valence electrons. The van der Waals surface area contributed by atoms with E-state index in [0.717, 1.165) is 21.3 Å². The van der Waals surface area contributed by atoms with Gasteiger partial charge in [-0.2, -0.15) is 0 Å². The van der Waals surface area contributed by atoms with Crippen molar-refractivity contribution in [2.75, 3.05) is 0 Å². The molecular weight excluding hydrogens is 294 g/mol. The summed E-state index contributed by atoms with van der Waals surface area (Å²) in [5, 5.41) is 4.34. The van der Waals surface area contributed by atoms with Gasteiger partial charge < -0.3 is 5.32 Å². The van der Waals surface area contributed by atoms with Crippen molar-refractivity contribution in [3.05, 3.63) is 44.1 Å². The standard InChI is InChI=1S/C14H16ClN3OS/c1-7-5-12(15)11(6-16-7)14(19)18-9(3)13-8(2)17-10(4)20-13/h5-6,9H,1-4H3,(H,18,19). The molecule has 0 fully saturated rings. The maximum Gasteiger partial charge on any atom is 0.254 e. The van der Waals surface area contributed by atoms with Gasteiger partial charge in [-0.25, -0.2) is 4.98 Å². The highest BCUT2D eigenvalue weighted by molar-refractivity contribution is 7.11. The van der Waals surface area contributed by atoms with Crippen LogP contribution in [0.5, 0.6) is 0 Å². The van der Waals surface area contributed by atoms with Gasteiger partial charge in [-0.15, -0.1) is 11.3 Å².